The number of nitrogens with one attached hydrogen (secondary N) is 1. The van der Waals surface area contributed by atoms with Crippen LogP contribution < -0.4 is 15.0 Å². The third-order valence-electron chi connectivity index (χ3n) is 8.14. The van der Waals surface area contributed by atoms with Gasteiger partial charge in [-0.05, 0) is 100 Å². The van der Waals surface area contributed by atoms with Gasteiger partial charge < -0.3 is 20.1 Å². The van der Waals surface area contributed by atoms with Crippen LogP contribution in [0.15, 0.2) is 60.8 Å². The highest BCUT2D eigenvalue weighted by Crippen LogP contribution is 2.41. The van der Waals surface area contributed by atoms with Gasteiger partial charge in [0.25, 0.3) is 0 Å². The number of ether oxygens (including phenoxy) is 1. The molecule has 2 heterocycles. The van der Waals surface area contributed by atoms with Crippen molar-refractivity contribution in [2.45, 2.75) is 52.5 Å². The Bertz CT molecular complexity index is 1680. The molecule has 0 aliphatic carbocycles. The first-order valence-electron chi connectivity index (χ1n) is 15.4. The Morgan fingerprint density at radius 3 is 2.46 bits per heavy atom. The fourth-order valence-electron chi connectivity index (χ4n) is 6.16. The first-order valence-corrected chi connectivity index (χ1v) is 15.8. The van der Waals surface area contributed by atoms with E-state index in [1.54, 1.807) is 13.8 Å². The molecule has 2 N–H and O–H groups in total. The number of aromatic nitrogens is 2. The second-order valence-corrected chi connectivity index (χ2v) is 12.0. The topological polar surface area (TPSA) is 90.8 Å². The van der Waals surface area contributed by atoms with Crippen LogP contribution in [-0.2, 0) is 0 Å². The first-order chi connectivity index (χ1) is 22.1. The molecule has 1 saturated heterocycles. The van der Waals surface area contributed by atoms with Crippen molar-refractivity contribution in [2.75, 3.05) is 36.5 Å². The van der Waals surface area contributed by atoms with Gasteiger partial charge in [0, 0.05) is 30.1 Å². The van der Waals surface area contributed by atoms with Crippen LogP contribution in [0.2, 0.25) is 5.02 Å². The maximum atomic E-state index is 15.5. The van der Waals surface area contributed by atoms with Gasteiger partial charge in [-0.1, -0.05) is 41.8 Å². The number of likely N-dealkylation sites (tertiary alicyclic amines) is 1. The lowest BCUT2D eigenvalue weighted by atomic mass is 9.88. The number of rotatable bonds is 11. The van der Waals surface area contributed by atoms with Gasteiger partial charge in [0.15, 0.2) is 0 Å². The van der Waals surface area contributed by atoms with Crippen LogP contribution in [0.1, 0.15) is 59.5 Å². The lowest BCUT2D eigenvalue weighted by Gasteiger charge is -2.32. The Labute approximate surface area is 273 Å². The summed E-state index contributed by atoms with van der Waals surface area (Å²) in [5.41, 5.74) is 3.11. The molecule has 0 bridgehead atoms. The van der Waals surface area contributed by atoms with E-state index in [0.717, 1.165) is 48.7 Å². The van der Waals surface area contributed by atoms with Crippen LogP contribution in [0.5, 0.6) is 5.75 Å². The minimum atomic E-state index is -1.44. The summed E-state index contributed by atoms with van der Waals surface area (Å²) in [6.45, 7) is 9.37. The van der Waals surface area contributed by atoms with E-state index in [4.69, 9.17) is 16.3 Å². The van der Waals surface area contributed by atoms with E-state index in [1.807, 2.05) is 43.3 Å². The summed E-state index contributed by atoms with van der Waals surface area (Å²) < 4.78 is 36.3. The molecule has 3 aromatic carbocycles. The molecule has 1 amide bonds. The molecule has 1 unspecified atom stereocenters. The van der Waals surface area contributed by atoms with E-state index in [1.165, 1.54) is 31.5 Å². The summed E-state index contributed by atoms with van der Waals surface area (Å²) in [5, 5.41) is 13.2. The number of halogens is 3. The standard InChI is InChI=1S/C35H38ClF2N5O3/c1-22-19-23(2)30(24(3)20-22)33(31-27(37)11-12-28(38)32(31)36)43(35(44)45)29-13-14-39-34(41-29)40-25-9-7-10-26(21-25)46-18-8-17-42-15-5-4-6-16-42/h7,9-14,19-21,33H,4-6,8,15-18H2,1-3H3,(H,44,45)(H,39,40,41). The molecule has 0 spiro atoms. The molecule has 11 heteroatoms. The van der Waals surface area contributed by atoms with Gasteiger partial charge in [-0.25, -0.2) is 23.5 Å². The van der Waals surface area contributed by atoms with Gasteiger partial charge >= 0.3 is 6.09 Å². The zero-order chi connectivity index (χ0) is 32.8. The summed E-state index contributed by atoms with van der Waals surface area (Å²) in [7, 11) is 0. The van der Waals surface area contributed by atoms with Gasteiger partial charge in [-0.2, -0.15) is 4.98 Å². The molecule has 4 aromatic rings. The summed E-state index contributed by atoms with van der Waals surface area (Å²) in [6.07, 6.45) is 4.70. The minimum Gasteiger partial charge on any atom is -0.493 e. The Hall–Kier alpha value is -4.28. The van der Waals surface area contributed by atoms with Crippen LogP contribution in [0.3, 0.4) is 0 Å². The lowest BCUT2D eigenvalue weighted by molar-refractivity contribution is 0.199. The Morgan fingerprint density at radius 1 is 1.02 bits per heavy atom. The predicted octanol–water partition coefficient (Wildman–Crippen LogP) is 8.61. The average molecular weight is 650 g/mol. The van der Waals surface area contributed by atoms with Crippen molar-refractivity contribution in [3.8, 4) is 5.75 Å². The van der Waals surface area contributed by atoms with Crippen molar-refractivity contribution < 1.29 is 23.4 Å². The molecule has 1 aliphatic heterocycles. The van der Waals surface area contributed by atoms with E-state index >= 15 is 4.39 Å². The quantitative estimate of drug-likeness (QED) is 0.124. The second-order valence-electron chi connectivity index (χ2n) is 11.6. The Balaban J connectivity index is 1.43. The van der Waals surface area contributed by atoms with Gasteiger partial charge in [0.2, 0.25) is 5.95 Å². The number of carbonyl (C=O) groups is 1. The molecule has 0 radical (unpaired) electrons. The summed E-state index contributed by atoms with van der Waals surface area (Å²) >= 11 is 6.36. The highest BCUT2D eigenvalue weighted by atomic mass is 35.5. The van der Waals surface area contributed by atoms with Gasteiger partial charge in [-0.15, -0.1) is 0 Å². The van der Waals surface area contributed by atoms with Crippen molar-refractivity contribution in [1.82, 2.24) is 14.9 Å². The number of hydrogen-bond acceptors (Lipinski definition) is 6. The van der Waals surface area contributed by atoms with Crippen LogP contribution >= 0.6 is 11.6 Å². The second kappa shape index (κ2) is 14.9. The third-order valence-corrected chi connectivity index (χ3v) is 8.53. The van der Waals surface area contributed by atoms with E-state index in [9.17, 15) is 14.3 Å². The molecular formula is C35H38ClF2N5O3. The van der Waals surface area contributed by atoms with Crippen molar-refractivity contribution >= 4 is 35.1 Å². The zero-order valence-electron chi connectivity index (χ0n) is 26.2. The SMILES string of the molecule is Cc1cc(C)c(C(c2c(F)ccc(F)c2Cl)N(C(=O)O)c2ccnc(Nc3cccc(OCCCN4CCCCC4)c3)n2)c(C)c1. The molecule has 46 heavy (non-hydrogen) atoms. The van der Waals surface area contributed by atoms with Crippen LogP contribution in [0.4, 0.5) is 31.0 Å². The fraction of sp³-hybridized carbons (Fsp3) is 0.343. The number of amides is 1. The van der Waals surface area contributed by atoms with Crippen LogP contribution in [-0.4, -0.2) is 52.3 Å². The average Bonchev–Trinajstić information content (AvgIpc) is 3.01. The molecule has 8 nitrogen and oxygen atoms in total. The normalized spacial score (nSPS) is 14.1. The summed E-state index contributed by atoms with van der Waals surface area (Å²) in [6, 6.07) is 12.9. The molecule has 1 atom stereocenters. The predicted molar refractivity (Wildman–Crippen MR) is 177 cm³/mol. The number of benzene rings is 3. The highest BCUT2D eigenvalue weighted by molar-refractivity contribution is 6.31. The number of aryl methyl sites for hydroxylation is 3. The number of hydrogen-bond donors (Lipinski definition) is 2. The molecule has 242 valence electrons. The number of nitrogens with zero attached hydrogens (tertiary/aromatic N) is 4. The molecule has 1 aromatic heterocycles. The number of anilines is 3. The largest absolute Gasteiger partial charge is 0.493 e. The fourth-order valence-corrected chi connectivity index (χ4v) is 6.41. The van der Waals surface area contributed by atoms with Crippen molar-refractivity contribution in [3.05, 3.63) is 105 Å². The maximum absolute atomic E-state index is 15.5. The van der Waals surface area contributed by atoms with Gasteiger partial charge in [0.1, 0.15) is 23.2 Å². The molecular weight excluding hydrogens is 612 g/mol. The molecule has 5 rings (SSSR count). The Kier molecular flexibility index (Phi) is 10.7. The minimum absolute atomic E-state index is 0.0563. The Morgan fingerprint density at radius 2 is 1.74 bits per heavy atom. The van der Waals surface area contributed by atoms with Crippen molar-refractivity contribution in [2.24, 2.45) is 0 Å². The van der Waals surface area contributed by atoms with Gasteiger partial charge in [0.05, 0.1) is 17.7 Å². The van der Waals surface area contributed by atoms with E-state index in [0.29, 0.717) is 34.7 Å². The number of carboxylic acid groups (broad SMARTS) is 1. The zero-order valence-corrected chi connectivity index (χ0v) is 27.0. The summed E-state index contributed by atoms with van der Waals surface area (Å²) in [5.74, 6) is -0.989. The van der Waals surface area contributed by atoms with Gasteiger partial charge in [-0.3, -0.25) is 0 Å². The van der Waals surface area contributed by atoms with Crippen LogP contribution in [0, 0.1) is 32.4 Å². The molecule has 1 fully saturated rings. The smallest absolute Gasteiger partial charge is 0.413 e. The van der Waals surface area contributed by atoms with E-state index in [2.05, 4.69) is 20.2 Å². The number of piperidine rings is 1. The van der Waals surface area contributed by atoms with E-state index < -0.39 is 28.8 Å². The summed E-state index contributed by atoms with van der Waals surface area (Å²) in [4.78, 5) is 25.1. The van der Waals surface area contributed by atoms with Crippen LogP contribution in [0.25, 0.3) is 0 Å². The van der Waals surface area contributed by atoms with Crippen molar-refractivity contribution in [3.63, 3.8) is 0 Å². The van der Waals surface area contributed by atoms with E-state index in [-0.39, 0.29) is 17.3 Å². The van der Waals surface area contributed by atoms with Crippen molar-refractivity contribution in [1.29, 1.82) is 0 Å². The first kappa shape index (κ1) is 33.1. The maximum Gasteiger partial charge on any atom is 0.413 e. The molecule has 0 saturated carbocycles. The molecule has 1 aliphatic rings. The monoisotopic (exact) mass is 649 g/mol. The lowest BCUT2D eigenvalue weighted by Crippen LogP contribution is -2.37. The highest BCUT2D eigenvalue weighted by Gasteiger charge is 2.36. The third kappa shape index (κ3) is 7.74.